The molecule has 0 bridgehead atoms. The van der Waals surface area contributed by atoms with Crippen molar-refractivity contribution in [2.75, 3.05) is 18.4 Å². The highest BCUT2D eigenvalue weighted by atomic mass is 16.5. The van der Waals surface area contributed by atoms with Crippen LogP contribution >= 0.6 is 0 Å². The molecule has 1 fully saturated rings. The third kappa shape index (κ3) is 4.28. The van der Waals surface area contributed by atoms with E-state index in [9.17, 15) is 9.59 Å². The van der Waals surface area contributed by atoms with Gasteiger partial charge in [0, 0.05) is 30.9 Å². The SMILES string of the molecule is Cc1ccc(NC(=O)C2CCN(C(=O)c3cc(C(C)C)nc4onc(C)c34)CC2)nc1. The molecule has 0 aromatic carbocycles. The van der Waals surface area contributed by atoms with Crippen molar-refractivity contribution >= 4 is 28.7 Å². The Kier molecular flexibility index (Phi) is 5.71. The summed E-state index contributed by atoms with van der Waals surface area (Å²) in [5.74, 6) is 0.447. The van der Waals surface area contributed by atoms with E-state index in [-0.39, 0.29) is 23.7 Å². The van der Waals surface area contributed by atoms with Crippen LogP contribution in [-0.2, 0) is 4.79 Å². The van der Waals surface area contributed by atoms with Crippen molar-refractivity contribution in [1.82, 2.24) is 20.0 Å². The van der Waals surface area contributed by atoms with Crippen LogP contribution in [0.15, 0.2) is 28.9 Å². The second-order valence-electron chi connectivity index (χ2n) is 8.47. The number of anilines is 1. The zero-order valence-electron chi connectivity index (χ0n) is 18.3. The number of aromatic nitrogens is 3. The Balaban J connectivity index is 1.46. The van der Waals surface area contributed by atoms with Gasteiger partial charge in [0.05, 0.1) is 16.6 Å². The van der Waals surface area contributed by atoms with Crippen LogP contribution in [0.5, 0.6) is 0 Å². The number of fused-ring (bicyclic) bond motifs is 1. The molecule has 1 saturated heterocycles. The number of piperidine rings is 1. The summed E-state index contributed by atoms with van der Waals surface area (Å²) in [4.78, 5) is 36.5. The Morgan fingerprint density at radius 1 is 1.19 bits per heavy atom. The molecule has 0 aliphatic carbocycles. The van der Waals surface area contributed by atoms with E-state index in [1.54, 1.807) is 17.2 Å². The van der Waals surface area contributed by atoms with Crippen LogP contribution in [-0.4, -0.2) is 44.9 Å². The number of nitrogens with zero attached hydrogens (tertiary/aromatic N) is 4. The van der Waals surface area contributed by atoms with Gasteiger partial charge < -0.3 is 14.7 Å². The maximum atomic E-state index is 13.4. The fourth-order valence-electron chi connectivity index (χ4n) is 3.86. The van der Waals surface area contributed by atoms with Crippen LogP contribution < -0.4 is 5.32 Å². The Labute approximate surface area is 181 Å². The summed E-state index contributed by atoms with van der Waals surface area (Å²) in [6, 6.07) is 5.56. The molecule has 4 rings (SSSR count). The molecule has 31 heavy (non-hydrogen) atoms. The van der Waals surface area contributed by atoms with E-state index in [1.807, 2.05) is 39.8 Å². The molecular formula is C23H27N5O3. The molecule has 1 aliphatic rings. The van der Waals surface area contributed by atoms with E-state index in [0.717, 1.165) is 11.3 Å². The van der Waals surface area contributed by atoms with Crippen LogP contribution in [0.1, 0.15) is 59.9 Å². The minimum Gasteiger partial charge on any atom is -0.339 e. The van der Waals surface area contributed by atoms with E-state index < -0.39 is 0 Å². The number of hydrogen-bond donors (Lipinski definition) is 1. The van der Waals surface area contributed by atoms with Gasteiger partial charge in [-0.05, 0) is 50.3 Å². The van der Waals surface area contributed by atoms with Gasteiger partial charge in [-0.3, -0.25) is 9.59 Å². The van der Waals surface area contributed by atoms with Gasteiger partial charge in [0.25, 0.3) is 11.6 Å². The standard InChI is InChI=1S/C23H27N5O3/c1-13(2)18-11-17(20-15(4)27-31-22(20)25-18)23(30)28-9-7-16(8-10-28)21(29)26-19-6-5-14(3)12-24-19/h5-6,11-13,16H,7-10H2,1-4H3,(H,24,26,29). The first kappa shape index (κ1) is 21.0. The molecule has 0 unspecified atom stereocenters. The summed E-state index contributed by atoms with van der Waals surface area (Å²) in [5, 5.41) is 7.54. The van der Waals surface area contributed by atoms with Crippen LogP contribution in [0.4, 0.5) is 5.82 Å². The summed E-state index contributed by atoms with van der Waals surface area (Å²) >= 11 is 0. The lowest BCUT2D eigenvalue weighted by Gasteiger charge is -2.31. The molecule has 1 aliphatic heterocycles. The minimum atomic E-state index is -0.145. The maximum Gasteiger partial charge on any atom is 0.259 e. The quantitative estimate of drug-likeness (QED) is 0.687. The molecule has 0 radical (unpaired) electrons. The highest BCUT2D eigenvalue weighted by Gasteiger charge is 2.30. The predicted octanol–water partition coefficient (Wildman–Crippen LogP) is 3.85. The van der Waals surface area contributed by atoms with Gasteiger partial charge in [-0.15, -0.1) is 0 Å². The molecule has 0 saturated carbocycles. The first-order valence-electron chi connectivity index (χ1n) is 10.6. The van der Waals surface area contributed by atoms with Gasteiger partial charge in [0.15, 0.2) is 0 Å². The van der Waals surface area contributed by atoms with Crippen molar-refractivity contribution in [2.45, 2.75) is 46.5 Å². The Bertz CT molecular complexity index is 1110. The highest BCUT2D eigenvalue weighted by molar-refractivity contribution is 6.06. The summed E-state index contributed by atoms with van der Waals surface area (Å²) in [6.45, 7) is 8.85. The monoisotopic (exact) mass is 421 g/mol. The van der Waals surface area contributed by atoms with Gasteiger partial charge in [-0.1, -0.05) is 25.1 Å². The number of aryl methyl sites for hydroxylation is 2. The molecule has 8 heteroatoms. The van der Waals surface area contributed by atoms with Crippen molar-refractivity contribution in [2.24, 2.45) is 5.92 Å². The lowest BCUT2D eigenvalue weighted by molar-refractivity contribution is -0.121. The molecule has 1 N–H and O–H groups in total. The van der Waals surface area contributed by atoms with Gasteiger partial charge >= 0.3 is 0 Å². The largest absolute Gasteiger partial charge is 0.339 e. The topological polar surface area (TPSA) is 101 Å². The van der Waals surface area contributed by atoms with E-state index in [0.29, 0.717) is 54.1 Å². The zero-order valence-corrected chi connectivity index (χ0v) is 18.3. The number of pyridine rings is 2. The van der Waals surface area contributed by atoms with Crippen molar-refractivity contribution < 1.29 is 14.1 Å². The lowest BCUT2D eigenvalue weighted by Crippen LogP contribution is -2.41. The third-order valence-electron chi connectivity index (χ3n) is 5.77. The number of nitrogens with one attached hydrogen (secondary N) is 1. The van der Waals surface area contributed by atoms with Crippen molar-refractivity contribution in [3.63, 3.8) is 0 Å². The van der Waals surface area contributed by atoms with E-state index >= 15 is 0 Å². The summed E-state index contributed by atoms with van der Waals surface area (Å²) in [7, 11) is 0. The normalized spacial score (nSPS) is 14.9. The Morgan fingerprint density at radius 3 is 2.58 bits per heavy atom. The van der Waals surface area contributed by atoms with E-state index in [1.165, 1.54) is 0 Å². The maximum absolute atomic E-state index is 13.4. The van der Waals surface area contributed by atoms with Gasteiger partial charge in [-0.2, -0.15) is 0 Å². The highest BCUT2D eigenvalue weighted by Crippen LogP contribution is 2.28. The number of amides is 2. The molecule has 0 atom stereocenters. The summed E-state index contributed by atoms with van der Waals surface area (Å²) in [6.07, 6.45) is 2.94. The molecule has 4 heterocycles. The number of carbonyl (C=O) groups is 2. The first-order chi connectivity index (χ1) is 14.8. The fourth-order valence-corrected chi connectivity index (χ4v) is 3.86. The van der Waals surface area contributed by atoms with Crippen molar-refractivity contribution in [1.29, 1.82) is 0 Å². The molecule has 3 aromatic rings. The number of rotatable bonds is 4. The Hall–Kier alpha value is -3.29. The number of likely N-dealkylation sites (tertiary alicyclic amines) is 1. The predicted molar refractivity (Wildman–Crippen MR) is 117 cm³/mol. The molecule has 3 aromatic heterocycles. The second-order valence-corrected chi connectivity index (χ2v) is 8.47. The van der Waals surface area contributed by atoms with Crippen LogP contribution in [0.3, 0.4) is 0 Å². The number of carbonyl (C=O) groups excluding carboxylic acids is 2. The summed E-state index contributed by atoms with van der Waals surface area (Å²) in [5.41, 5.74) is 3.46. The van der Waals surface area contributed by atoms with Gasteiger partial charge in [0.2, 0.25) is 5.91 Å². The van der Waals surface area contributed by atoms with Gasteiger partial charge in [0.1, 0.15) is 5.82 Å². The first-order valence-corrected chi connectivity index (χ1v) is 10.6. The fraction of sp³-hybridized carbons (Fsp3) is 0.435. The van der Waals surface area contributed by atoms with Crippen LogP contribution in [0, 0.1) is 19.8 Å². The molecule has 0 spiro atoms. The molecule has 2 amide bonds. The van der Waals surface area contributed by atoms with Crippen LogP contribution in [0.25, 0.3) is 11.1 Å². The summed E-state index contributed by atoms with van der Waals surface area (Å²) < 4.78 is 5.34. The molecule has 8 nitrogen and oxygen atoms in total. The average molecular weight is 422 g/mol. The molecule has 162 valence electrons. The number of hydrogen-bond acceptors (Lipinski definition) is 6. The Morgan fingerprint density at radius 2 is 1.94 bits per heavy atom. The van der Waals surface area contributed by atoms with Crippen molar-refractivity contribution in [3.8, 4) is 0 Å². The third-order valence-corrected chi connectivity index (χ3v) is 5.77. The minimum absolute atomic E-state index is 0.0493. The molecular weight excluding hydrogens is 394 g/mol. The smallest absolute Gasteiger partial charge is 0.259 e. The zero-order chi connectivity index (χ0) is 22.1. The average Bonchev–Trinajstić information content (AvgIpc) is 3.15. The van der Waals surface area contributed by atoms with Crippen LogP contribution in [0.2, 0.25) is 0 Å². The second kappa shape index (κ2) is 8.45. The van der Waals surface area contributed by atoms with E-state index in [2.05, 4.69) is 20.4 Å². The van der Waals surface area contributed by atoms with E-state index in [4.69, 9.17) is 4.52 Å². The van der Waals surface area contributed by atoms with Gasteiger partial charge in [-0.25, -0.2) is 9.97 Å². The van der Waals surface area contributed by atoms with Crippen molar-refractivity contribution in [3.05, 3.63) is 46.9 Å². The lowest BCUT2D eigenvalue weighted by atomic mass is 9.95.